The van der Waals surface area contributed by atoms with Gasteiger partial charge in [-0.2, -0.15) is 0 Å². The van der Waals surface area contributed by atoms with E-state index in [0.29, 0.717) is 11.9 Å². The van der Waals surface area contributed by atoms with Crippen LogP contribution in [0, 0.1) is 0 Å². The Morgan fingerprint density at radius 3 is 2.86 bits per heavy atom. The van der Waals surface area contributed by atoms with E-state index in [1.165, 1.54) is 17.5 Å². The summed E-state index contributed by atoms with van der Waals surface area (Å²) < 4.78 is 3.21. The SMILES string of the molecule is Nc1ncnc2c1c(Br)cn2C1CCc2ccccc2C1. The third-order valence-corrected chi connectivity index (χ3v) is 4.91. The second kappa shape index (κ2) is 4.84. The molecule has 0 aliphatic heterocycles. The Kier molecular flexibility index (Phi) is 2.96. The van der Waals surface area contributed by atoms with Crippen molar-refractivity contribution in [2.24, 2.45) is 0 Å². The molecule has 0 bridgehead atoms. The van der Waals surface area contributed by atoms with E-state index in [2.05, 4.69) is 60.9 Å². The van der Waals surface area contributed by atoms with E-state index in [-0.39, 0.29) is 0 Å². The number of nitrogens with zero attached hydrogens (tertiary/aromatic N) is 3. The van der Waals surface area contributed by atoms with E-state index in [9.17, 15) is 0 Å². The third-order valence-electron chi connectivity index (χ3n) is 4.31. The van der Waals surface area contributed by atoms with E-state index < -0.39 is 0 Å². The number of halogens is 1. The van der Waals surface area contributed by atoms with Crippen LogP contribution in [0.25, 0.3) is 11.0 Å². The highest BCUT2D eigenvalue weighted by molar-refractivity contribution is 9.10. The number of benzene rings is 1. The summed E-state index contributed by atoms with van der Waals surface area (Å²) in [4.78, 5) is 8.52. The molecule has 1 atom stereocenters. The van der Waals surface area contributed by atoms with E-state index in [0.717, 1.165) is 34.8 Å². The van der Waals surface area contributed by atoms with Gasteiger partial charge in [-0.3, -0.25) is 0 Å². The van der Waals surface area contributed by atoms with Gasteiger partial charge in [-0.25, -0.2) is 9.97 Å². The molecule has 4 nitrogen and oxygen atoms in total. The number of hydrogen-bond acceptors (Lipinski definition) is 3. The van der Waals surface area contributed by atoms with Crippen molar-refractivity contribution < 1.29 is 0 Å². The van der Waals surface area contributed by atoms with Crippen molar-refractivity contribution in [1.82, 2.24) is 14.5 Å². The first kappa shape index (κ1) is 12.8. The van der Waals surface area contributed by atoms with Crippen molar-refractivity contribution in [3.8, 4) is 0 Å². The van der Waals surface area contributed by atoms with Crippen LogP contribution < -0.4 is 5.73 Å². The van der Waals surface area contributed by atoms with Gasteiger partial charge in [0.25, 0.3) is 0 Å². The van der Waals surface area contributed by atoms with Gasteiger partial charge in [-0.1, -0.05) is 24.3 Å². The lowest BCUT2D eigenvalue weighted by atomic mass is 9.88. The van der Waals surface area contributed by atoms with Crippen LogP contribution in [0.15, 0.2) is 41.3 Å². The molecule has 1 unspecified atom stereocenters. The summed E-state index contributed by atoms with van der Waals surface area (Å²) in [5.41, 5.74) is 9.81. The average Bonchev–Trinajstić information content (AvgIpc) is 2.85. The van der Waals surface area contributed by atoms with Crippen molar-refractivity contribution >= 4 is 32.8 Å². The first-order valence-corrected chi connectivity index (χ1v) is 7.86. The van der Waals surface area contributed by atoms with Crippen molar-refractivity contribution in [3.05, 3.63) is 52.4 Å². The fourth-order valence-corrected chi connectivity index (χ4v) is 3.86. The Balaban J connectivity index is 1.80. The van der Waals surface area contributed by atoms with E-state index in [4.69, 9.17) is 5.73 Å². The highest BCUT2D eigenvalue weighted by Crippen LogP contribution is 2.35. The monoisotopic (exact) mass is 342 g/mol. The van der Waals surface area contributed by atoms with E-state index in [1.54, 1.807) is 0 Å². The number of anilines is 1. The molecular weight excluding hydrogens is 328 g/mol. The molecule has 2 N–H and O–H groups in total. The maximum Gasteiger partial charge on any atom is 0.146 e. The molecule has 0 spiro atoms. The quantitative estimate of drug-likeness (QED) is 0.736. The molecule has 0 saturated heterocycles. The van der Waals surface area contributed by atoms with Gasteiger partial charge < -0.3 is 10.3 Å². The first-order chi connectivity index (χ1) is 10.2. The number of hydrogen-bond donors (Lipinski definition) is 1. The van der Waals surface area contributed by atoms with Crippen LogP contribution in [0.3, 0.4) is 0 Å². The Morgan fingerprint density at radius 2 is 2.00 bits per heavy atom. The second-order valence-corrected chi connectivity index (χ2v) is 6.36. The normalized spacial score (nSPS) is 17.9. The lowest BCUT2D eigenvalue weighted by Gasteiger charge is -2.26. The molecule has 21 heavy (non-hydrogen) atoms. The van der Waals surface area contributed by atoms with Gasteiger partial charge >= 0.3 is 0 Å². The number of nitrogen functional groups attached to an aromatic ring is 1. The van der Waals surface area contributed by atoms with Gasteiger partial charge in [0.2, 0.25) is 0 Å². The fraction of sp³-hybridized carbons (Fsp3) is 0.250. The average molecular weight is 343 g/mol. The van der Waals surface area contributed by atoms with E-state index >= 15 is 0 Å². The Labute approximate surface area is 131 Å². The zero-order valence-corrected chi connectivity index (χ0v) is 13.0. The molecule has 0 radical (unpaired) electrons. The summed E-state index contributed by atoms with van der Waals surface area (Å²) in [5, 5.41) is 0.913. The third kappa shape index (κ3) is 2.03. The molecule has 1 aromatic carbocycles. The van der Waals surface area contributed by atoms with Crippen LogP contribution in [0.5, 0.6) is 0 Å². The molecule has 0 amide bonds. The molecule has 5 heteroatoms. The maximum atomic E-state index is 5.98. The summed E-state index contributed by atoms with van der Waals surface area (Å²) in [7, 11) is 0. The van der Waals surface area contributed by atoms with Gasteiger partial charge in [0.1, 0.15) is 17.8 Å². The van der Waals surface area contributed by atoms with Crippen LogP contribution in [-0.4, -0.2) is 14.5 Å². The molecule has 2 heterocycles. The minimum Gasteiger partial charge on any atom is -0.383 e. The molecule has 3 aromatic rings. The van der Waals surface area contributed by atoms with Crippen LogP contribution in [0.2, 0.25) is 0 Å². The number of rotatable bonds is 1. The number of aryl methyl sites for hydroxylation is 1. The fourth-order valence-electron chi connectivity index (χ4n) is 3.26. The van der Waals surface area contributed by atoms with Gasteiger partial charge in [-0.15, -0.1) is 0 Å². The summed E-state index contributed by atoms with van der Waals surface area (Å²) in [6.45, 7) is 0. The Bertz CT molecular complexity index is 824. The standard InChI is InChI=1S/C16H15BrN4/c17-13-8-21(16-14(13)15(18)19-9-20-16)12-6-5-10-3-1-2-4-11(10)7-12/h1-4,8-9,12H,5-7H2,(H2,18,19,20). The van der Waals surface area contributed by atoms with Crippen LogP contribution in [0.1, 0.15) is 23.6 Å². The number of fused-ring (bicyclic) bond motifs is 2. The Hall–Kier alpha value is -1.88. The van der Waals surface area contributed by atoms with Crippen LogP contribution in [0.4, 0.5) is 5.82 Å². The van der Waals surface area contributed by atoms with Crippen LogP contribution in [-0.2, 0) is 12.8 Å². The van der Waals surface area contributed by atoms with Gasteiger partial charge in [-0.05, 0) is 46.3 Å². The van der Waals surface area contributed by atoms with Gasteiger partial charge in [0.05, 0.1) is 5.39 Å². The van der Waals surface area contributed by atoms with Crippen molar-refractivity contribution in [2.45, 2.75) is 25.3 Å². The maximum absolute atomic E-state index is 5.98. The highest BCUT2D eigenvalue weighted by Gasteiger charge is 2.23. The lowest BCUT2D eigenvalue weighted by molar-refractivity contribution is 0.452. The highest BCUT2D eigenvalue weighted by atomic mass is 79.9. The lowest BCUT2D eigenvalue weighted by Crippen LogP contribution is -2.18. The first-order valence-electron chi connectivity index (χ1n) is 7.07. The van der Waals surface area contributed by atoms with Crippen molar-refractivity contribution in [1.29, 1.82) is 0 Å². The summed E-state index contributed by atoms with van der Waals surface area (Å²) in [6.07, 6.45) is 6.90. The minimum atomic E-state index is 0.419. The topological polar surface area (TPSA) is 56.7 Å². The van der Waals surface area contributed by atoms with E-state index in [1.807, 2.05) is 0 Å². The van der Waals surface area contributed by atoms with Crippen molar-refractivity contribution in [2.75, 3.05) is 5.73 Å². The number of nitrogens with two attached hydrogens (primary N) is 1. The summed E-state index contributed by atoms with van der Waals surface area (Å²) in [6, 6.07) is 9.11. The number of aromatic nitrogens is 3. The van der Waals surface area contributed by atoms with Gasteiger partial charge in [0.15, 0.2) is 0 Å². The predicted octanol–water partition coefficient (Wildman–Crippen LogP) is 3.51. The molecule has 1 aliphatic rings. The van der Waals surface area contributed by atoms with Crippen LogP contribution >= 0.6 is 15.9 Å². The molecular formula is C16H15BrN4. The molecule has 0 fully saturated rings. The molecule has 4 rings (SSSR count). The zero-order valence-electron chi connectivity index (χ0n) is 11.5. The Morgan fingerprint density at radius 1 is 1.19 bits per heavy atom. The predicted molar refractivity (Wildman–Crippen MR) is 87.1 cm³/mol. The molecule has 2 aromatic heterocycles. The second-order valence-electron chi connectivity index (χ2n) is 5.51. The molecule has 106 valence electrons. The molecule has 1 aliphatic carbocycles. The molecule has 0 saturated carbocycles. The zero-order chi connectivity index (χ0) is 14.4. The summed E-state index contributed by atoms with van der Waals surface area (Å²) in [5.74, 6) is 0.529. The largest absolute Gasteiger partial charge is 0.383 e. The summed E-state index contributed by atoms with van der Waals surface area (Å²) >= 11 is 3.59. The van der Waals surface area contributed by atoms with Gasteiger partial charge in [0, 0.05) is 16.7 Å². The smallest absolute Gasteiger partial charge is 0.146 e. The van der Waals surface area contributed by atoms with Crippen molar-refractivity contribution in [3.63, 3.8) is 0 Å². The minimum absolute atomic E-state index is 0.419.